The van der Waals surface area contributed by atoms with Crippen molar-refractivity contribution in [2.75, 3.05) is 32.1 Å². The highest BCUT2D eigenvalue weighted by atomic mass is 16.2. The summed E-state index contributed by atoms with van der Waals surface area (Å²) in [6, 6.07) is 13.6. The molecule has 6 heteroatoms. The van der Waals surface area contributed by atoms with E-state index in [-0.39, 0.29) is 23.1 Å². The quantitative estimate of drug-likeness (QED) is 0.829. The largest absolute Gasteiger partial charge is 0.378 e. The summed E-state index contributed by atoms with van der Waals surface area (Å²) in [5, 5.41) is 3.05. The van der Waals surface area contributed by atoms with Crippen molar-refractivity contribution in [1.82, 2.24) is 15.2 Å². The van der Waals surface area contributed by atoms with Crippen LogP contribution >= 0.6 is 0 Å². The summed E-state index contributed by atoms with van der Waals surface area (Å²) >= 11 is 0. The van der Waals surface area contributed by atoms with Crippen LogP contribution in [0.15, 0.2) is 42.5 Å². The molecule has 158 valence electrons. The van der Waals surface area contributed by atoms with Gasteiger partial charge in [-0.25, -0.2) is 0 Å². The summed E-state index contributed by atoms with van der Waals surface area (Å²) in [6.45, 7) is 3.86. The number of carbonyl (C=O) groups excluding carboxylic acids is 2. The van der Waals surface area contributed by atoms with E-state index in [9.17, 15) is 9.59 Å². The first-order chi connectivity index (χ1) is 14.4. The van der Waals surface area contributed by atoms with Crippen LogP contribution in [-0.2, 0) is 11.3 Å². The lowest BCUT2D eigenvalue weighted by Crippen LogP contribution is -2.40. The van der Waals surface area contributed by atoms with Gasteiger partial charge in [-0.05, 0) is 61.9 Å². The Labute approximate surface area is 178 Å². The molecule has 1 atom stereocenters. The molecule has 1 saturated carbocycles. The van der Waals surface area contributed by atoms with Gasteiger partial charge in [0.05, 0.1) is 12.2 Å². The van der Waals surface area contributed by atoms with E-state index in [2.05, 4.69) is 10.3 Å². The Morgan fingerprint density at radius 3 is 2.60 bits per heavy atom. The van der Waals surface area contributed by atoms with E-state index in [4.69, 9.17) is 0 Å². The maximum Gasteiger partial charge on any atom is 0.253 e. The van der Waals surface area contributed by atoms with Gasteiger partial charge in [0.1, 0.15) is 0 Å². The number of aromatic nitrogens is 1. The minimum Gasteiger partial charge on any atom is -0.378 e. The molecule has 0 bridgehead atoms. The molecular weight excluding hydrogens is 376 g/mol. The number of rotatable bonds is 5. The van der Waals surface area contributed by atoms with E-state index in [1.54, 1.807) is 0 Å². The molecule has 2 heterocycles. The van der Waals surface area contributed by atoms with E-state index in [0.717, 1.165) is 41.9 Å². The van der Waals surface area contributed by atoms with Crippen LogP contribution in [0.25, 0.3) is 0 Å². The first-order valence-electron chi connectivity index (χ1n) is 10.6. The van der Waals surface area contributed by atoms with Gasteiger partial charge in [0, 0.05) is 50.0 Å². The van der Waals surface area contributed by atoms with E-state index < -0.39 is 0 Å². The van der Waals surface area contributed by atoms with Gasteiger partial charge in [0.25, 0.3) is 5.91 Å². The lowest BCUT2D eigenvalue weighted by molar-refractivity contribution is -0.123. The van der Waals surface area contributed by atoms with Gasteiger partial charge < -0.3 is 15.1 Å². The number of nitrogens with zero attached hydrogens (tertiary/aromatic N) is 3. The topological polar surface area (TPSA) is 65.5 Å². The van der Waals surface area contributed by atoms with Crippen LogP contribution in [0, 0.1) is 18.3 Å². The average molecular weight is 407 g/mol. The maximum atomic E-state index is 12.9. The first kappa shape index (κ1) is 20.4. The van der Waals surface area contributed by atoms with Crippen molar-refractivity contribution in [3.05, 3.63) is 59.4 Å². The Morgan fingerprint density at radius 2 is 1.90 bits per heavy atom. The molecule has 1 aliphatic heterocycles. The normalized spacial score (nSPS) is 19.4. The van der Waals surface area contributed by atoms with Crippen molar-refractivity contribution in [1.29, 1.82) is 0 Å². The number of aryl methyl sites for hydroxylation is 1. The van der Waals surface area contributed by atoms with Crippen molar-refractivity contribution in [3.8, 4) is 0 Å². The number of hydrogen-bond donors (Lipinski definition) is 1. The highest BCUT2D eigenvalue weighted by Crippen LogP contribution is 2.59. The average Bonchev–Trinajstić information content (AvgIpc) is 3.45. The smallest absolute Gasteiger partial charge is 0.253 e. The van der Waals surface area contributed by atoms with Crippen LogP contribution in [0.2, 0.25) is 0 Å². The van der Waals surface area contributed by atoms with Crippen LogP contribution in [0.3, 0.4) is 0 Å². The van der Waals surface area contributed by atoms with Crippen molar-refractivity contribution in [3.63, 3.8) is 0 Å². The number of carbonyl (C=O) groups is 2. The van der Waals surface area contributed by atoms with Crippen molar-refractivity contribution >= 4 is 17.5 Å². The molecule has 1 spiro atoms. The minimum atomic E-state index is 0.0663. The SMILES string of the molecule is Cc1cccc(CNC(=O)[C@H]2CC23CCN(C(=O)c2cccc(N(C)C)c2)CC3)n1. The summed E-state index contributed by atoms with van der Waals surface area (Å²) in [4.78, 5) is 34.0. The van der Waals surface area contributed by atoms with Crippen molar-refractivity contribution in [2.24, 2.45) is 11.3 Å². The Balaban J connectivity index is 1.30. The van der Waals surface area contributed by atoms with Crippen LogP contribution < -0.4 is 10.2 Å². The molecule has 2 amide bonds. The fraction of sp³-hybridized carbons (Fsp3) is 0.458. The van der Waals surface area contributed by atoms with Gasteiger partial charge in [-0.15, -0.1) is 0 Å². The number of nitrogens with one attached hydrogen (secondary N) is 1. The van der Waals surface area contributed by atoms with E-state index in [1.807, 2.05) is 73.3 Å². The highest BCUT2D eigenvalue weighted by Gasteiger charge is 2.58. The van der Waals surface area contributed by atoms with Crippen molar-refractivity contribution in [2.45, 2.75) is 32.7 Å². The number of amides is 2. The number of anilines is 1. The molecule has 4 rings (SSSR count). The fourth-order valence-corrected chi connectivity index (χ4v) is 4.52. The molecule has 1 aliphatic carbocycles. The molecule has 30 heavy (non-hydrogen) atoms. The highest BCUT2D eigenvalue weighted by molar-refractivity contribution is 5.95. The van der Waals surface area contributed by atoms with Gasteiger partial charge in [0.15, 0.2) is 0 Å². The Kier molecular flexibility index (Phi) is 5.50. The van der Waals surface area contributed by atoms with E-state index >= 15 is 0 Å². The molecule has 2 fully saturated rings. The summed E-state index contributed by atoms with van der Waals surface area (Å²) < 4.78 is 0. The van der Waals surface area contributed by atoms with Crippen LogP contribution in [0.1, 0.15) is 41.0 Å². The maximum absolute atomic E-state index is 12.9. The van der Waals surface area contributed by atoms with Crippen LogP contribution in [0.5, 0.6) is 0 Å². The number of likely N-dealkylation sites (tertiary alicyclic amines) is 1. The Morgan fingerprint density at radius 1 is 1.17 bits per heavy atom. The summed E-state index contributed by atoms with van der Waals surface area (Å²) in [5.74, 6) is 0.272. The summed E-state index contributed by atoms with van der Waals surface area (Å²) in [6.07, 6.45) is 2.72. The summed E-state index contributed by atoms with van der Waals surface area (Å²) in [5.41, 5.74) is 3.67. The lowest BCUT2D eigenvalue weighted by Gasteiger charge is -2.33. The van der Waals surface area contributed by atoms with E-state index in [0.29, 0.717) is 19.6 Å². The second kappa shape index (κ2) is 8.09. The second-order valence-corrected chi connectivity index (χ2v) is 8.84. The zero-order valence-electron chi connectivity index (χ0n) is 18.0. The Hall–Kier alpha value is -2.89. The predicted molar refractivity (Wildman–Crippen MR) is 117 cm³/mol. The predicted octanol–water partition coefficient (Wildman–Crippen LogP) is 3.01. The zero-order chi connectivity index (χ0) is 21.3. The van der Waals surface area contributed by atoms with Crippen LogP contribution in [-0.4, -0.2) is 48.9 Å². The molecular formula is C24H30N4O2. The minimum absolute atomic E-state index is 0.0663. The Bertz CT molecular complexity index is 948. The first-order valence-corrected chi connectivity index (χ1v) is 10.6. The molecule has 1 N–H and O–H groups in total. The standard InChI is InChI=1S/C24H30N4O2/c1-17-6-4-8-19(26-17)16-25-22(29)21-15-24(21)10-12-28(13-11-24)23(30)18-7-5-9-20(14-18)27(2)3/h4-9,14,21H,10-13,15-16H2,1-3H3,(H,25,29)/t21-/m1/s1. The number of benzene rings is 1. The lowest BCUT2D eigenvalue weighted by atomic mass is 9.90. The third-order valence-electron chi connectivity index (χ3n) is 6.55. The monoisotopic (exact) mass is 406 g/mol. The molecule has 0 radical (unpaired) electrons. The van der Waals surface area contributed by atoms with Crippen LogP contribution in [0.4, 0.5) is 5.69 Å². The molecule has 6 nitrogen and oxygen atoms in total. The number of piperidine rings is 1. The van der Waals surface area contributed by atoms with Gasteiger partial charge >= 0.3 is 0 Å². The number of hydrogen-bond acceptors (Lipinski definition) is 4. The molecule has 1 saturated heterocycles. The molecule has 1 aromatic carbocycles. The molecule has 2 aromatic rings. The van der Waals surface area contributed by atoms with Crippen molar-refractivity contribution < 1.29 is 9.59 Å². The molecule has 2 aliphatic rings. The molecule has 0 unspecified atom stereocenters. The second-order valence-electron chi connectivity index (χ2n) is 8.84. The van der Waals surface area contributed by atoms with Gasteiger partial charge in [-0.3, -0.25) is 14.6 Å². The van der Waals surface area contributed by atoms with Gasteiger partial charge in [-0.1, -0.05) is 12.1 Å². The fourth-order valence-electron chi connectivity index (χ4n) is 4.52. The number of pyridine rings is 1. The van der Waals surface area contributed by atoms with Gasteiger partial charge in [0.2, 0.25) is 5.91 Å². The molecule has 1 aromatic heterocycles. The zero-order valence-corrected chi connectivity index (χ0v) is 18.0. The third-order valence-corrected chi connectivity index (χ3v) is 6.55. The van der Waals surface area contributed by atoms with E-state index in [1.165, 1.54) is 0 Å². The summed E-state index contributed by atoms with van der Waals surface area (Å²) in [7, 11) is 3.95. The third kappa shape index (κ3) is 4.18. The van der Waals surface area contributed by atoms with Gasteiger partial charge in [-0.2, -0.15) is 0 Å².